The van der Waals surface area contributed by atoms with Gasteiger partial charge in [-0.3, -0.25) is 9.59 Å². The summed E-state index contributed by atoms with van der Waals surface area (Å²) in [7, 11) is 3.89. The van der Waals surface area contributed by atoms with Crippen LogP contribution in [0.5, 0.6) is 5.75 Å². The summed E-state index contributed by atoms with van der Waals surface area (Å²) in [5.74, 6) is 1.14. The van der Waals surface area contributed by atoms with Crippen LogP contribution >= 0.6 is 0 Å². The van der Waals surface area contributed by atoms with Crippen LogP contribution in [0.1, 0.15) is 59.3 Å². The molecule has 0 radical (unpaired) electrons. The summed E-state index contributed by atoms with van der Waals surface area (Å²) in [6.07, 6.45) is 1.19. The van der Waals surface area contributed by atoms with E-state index in [0.29, 0.717) is 31.0 Å². The predicted molar refractivity (Wildman–Crippen MR) is 143 cm³/mol. The van der Waals surface area contributed by atoms with Crippen LogP contribution in [0.15, 0.2) is 59.0 Å². The van der Waals surface area contributed by atoms with Gasteiger partial charge >= 0.3 is 0 Å². The van der Waals surface area contributed by atoms with Gasteiger partial charge in [-0.15, -0.1) is 0 Å². The highest BCUT2D eigenvalue weighted by molar-refractivity contribution is 5.91. The third-order valence-electron chi connectivity index (χ3n) is 6.55. The van der Waals surface area contributed by atoms with E-state index < -0.39 is 0 Å². The van der Waals surface area contributed by atoms with E-state index in [4.69, 9.17) is 9.15 Å². The number of furan rings is 1. The number of hydrogen-bond donors (Lipinski definition) is 1. The molecule has 2 aromatic carbocycles. The Bertz CT molecular complexity index is 1250. The fourth-order valence-electron chi connectivity index (χ4n) is 4.63. The molecule has 0 aliphatic carbocycles. The number of halogens is 1. The van der Waals surface area contributed by atoms with Gasteiger partial charge in [-0.25, -0.2) is 4.39 Å². The van der Waals surface area contributed by atoms with Gasteiger partial charge < -0.3 is 24.3 Å². The normalized spacial score (nSPS) is 15.0. The zero-order valence-corrected chi connectivity index (χ0v) is 22.5. The van der Waals surface area contributed by atoms with Crippen molar-refractivity contribution in [2.75, 3.05) is 33.7 Å². The molecule has 202 valence electrons. The van der Waals surface area contributed by atoms with Crippen molar-refractivity contribution >= 4 is 11.8 Å². The van der Waals surface area contributed by atoms with Gasteiger partial charge in [-0.1, -0.05) is 32.0 Å². The minimum atomic E-state index is -0.324. The molecular weight excluding hydrogens is 485 g/mol. The Labute approximate surface area is 223 Å². The molecule has 2 amide bonds. The second-order valence-corrected chi connectivity index (χ2v) is 10.4. The number of nitrogens with one attached hydrogen (secondary N) is 1. The van der Waals surface area contributed by atoms with Crippen molar-refractivity contribution in [1.82, 2.24) is 15.1 Å². The average molecular weight is 522 g/mol. The minimum absolute atomic E-state index is 0.0817. The number of likely N-dealkylation sites (N-methyl/N-ethyl adjacent to an activating group) is 1. The maximum absolute atomic E-state index is 13.7. The Morgan fingerprint density at radius 3 is 2.61 bits per heavy atom. The first-order valence-corrected chi connectivity index (χ1v) is 13.0. The molecule has 1 N–H and O–H groups in total. The Kier molecular flexibility index (Phi) is 8.84. The van der Waals surface area contributed by atoms with E-state index >= 15 is 0 Å². The van der Waals surface area contributed by atoms with Crippen LogP contribution in [0.2, 0.25) is 0 Å². The molecule has 7 nitrogen and oxygen atoms in total. The number of ether oxygens (including phenoxy) is 1. The van der Waals surface area contributed by atoms with Gasteiger partial charge in [0.2, 0.25) is 5.91 Å². The van der Waals surface area contributed by atoms with Crippen LogP contribution in [0.25, 0.3) is 0 Å². The lowest BCUT2D eigenvalue weighted by atomic mass is 9.87. The number of hydrogen-bond acceptors (Lipinski definition) is 5. The molecule has 38 heavy (non-hydrogen) atoms. The Balaban J connectivity index is 1.51. The SMILES string of the molecule is CC(C)CC(=O)N1CCc2ccc(OCc3ccc(C(=O)NCCN(C)C)o3)cc2[C@H]1c1ccc(F)cc1. The fraction of sp³-hybridized carbons (Fsp3) is 0.400. The first-order valence-electron chi connectivity index (χ1n) is 13.0. The Morgan fingerprint density at radius 2 is 1.89 bits per heavy atom. The Hall–Kier alpha value is -3.65. The van der Waals surface area contributed by atoms with Crippen LogP contribution in [-0.2, 0) is 17.8 Å². The lowest BCUT2D eigenvalue weighted by Crippen LogP contribution is -2.41. The average Bonchev–Trinajstić information content (AvgIpc) is 3.36. The molecule has 0 bridgehead atoms. The number of nitrogens with zero attached hydrogens (tertiary/aromatic N) is 2. The van der Waals surface area contributed by atoms with E-state index in [2.05, 4.69) is 5.32 Å². The van der Waals surface area contributed by atoms with Crippen molar-refractivity contribution in [2.24, 2.45) is 5.92 Å². The van der Waals surface area contributed by atoms with Crippen LogP contribution in [-0.4, -0.2) is 55.3 Å². The lowest BCUT2D eigenvalue weighted by molar-refractivity contribution is -0.134. The maximum atomic E-state index is 13.7. The molecule has 0 saturated heterocycles. The zero-order valence-electron chi connectivity index (χ0n) is 22.5. The number of fused-ring (bicyclic) bond motifs is 1. The standard InChI is InChI=1S/C30H36FN3O4/c1-20(2)17-28(35)34-15-13-21-7-10-24(18-26(21)29(34)22-5-8-23(31)9-6-22)37-19-25-11-12-27(38-25)30(36)32-14-16-33(3)4/h5-12,18,20,29H,13-17,19H2,1-4H3,(H,32,36)/t29-/m1/s1. The third-order valence-corrected chi connectivity index (χ3v) is 6.55. The second-order valence-electron chi connectivity index (χ2n) is 10.4. The van der Waals surface area contributed by atoms with Crippen molar-refractivity contribution in [3.8, 4) is 5.75 Å². The summed E-state index contributed by atoms with van der Waals surface area (Å²) in [4.78, 5) is 29.4. The van der Waals surface area contributed by atoms with E-state index in [9.17, 15) is 14.0 Å². The first kappa shape index (κ1) is 27.4. The van der Waals surface area contributed by atoms with Crippen molar-refractivity contribution in [1.29, 1.82) is 0 Å². The van der Waals surface area contributed by atoms with Gasteiger partial charge in [0.15, 0.2) is 5.76 Å². The first-order chi connectivity index (χ1) is 18.2. The molecule has 0 saturated carbocycles. The molecule has 3 aromatic rings. The van der Waals surface area contributed by atoms with Gasteiger partial charge in [0.05, 0.1) is 6.04 Å². The summed E-state index contributed by atoms with van der Waals surface area (Å²) in [5, 5.41) is 2.83. The van der Waals surface area contributed by atoms with Crippen molar-refractivity contribution in [3.05, 3.63) is 88.6 Å². The summed E-state index contributed by atoms with van der Waals surface area (Å²) in [6, 6.07) is 15.3. The quantitative estimate of drug-likeness (QED) is 0.415. The monoisotopic (exact) mass is 521 g/mol. The minimum Gasteiger partial charge on any atom is -0.486 e. The van der Waals surface area contributed by atoms with E-state index in [0.717, 1.165) is 29.7 Å². The smallest absolute Gasteiger partial charge is 0.287 e. The summed E-state index contributed by atoms with van der Waals surface area (Å²) in [5.41, 5.74) is 2.96. The number of rotatable bonds is 10. The van der Waals surface area contributed by atoms with Crippen molar-refractivity contribution in [3.63, 3.8) is 0 Å². The number of amides is 2. The van der Waals surface area contributed by atoms with Crippen LogP contribution in [0.4, 0.5) is 4.39 Å². The molecule has 1 aliphatic rings. The molecular formula is C30H36FN3O4. The van der Waals surface area contributed by atoms with Crippen molar-refractivity contribution < 1.29 is 23.1 Å². The zero-order chi connectivity index (χ0) is 27.2. The molecule has 4 rings (SSSR count). The number of carbonyl (C=O) groups excluding carboxylic acids is 2. The van der Waals surface area contributed by atoms with E-state index in [1.807, 2.05) is 55.9 Å². The summed E-state index contributed by atoms with van der Waals surface area (Å²) in [6.45, 7) is 6.08. The van der Waals surface area contributed by atoms with E-state index in [-0.39, 0.29) is 42.0 Å². The number of benzene rings is 2. The summed E-state index contributed by atoms with van der Waals surface area (Å²) >= 11 is 0. The topological polar surface area (TPSA) is 75.0 Å². The fourth-order valence-corrected chi connectivity index (χ4v) is 4.63. The van der Waals surface area contributed by atoms with Gasteiger partial charge in [-0.2, -0.15) is 0 Å². The largest absolute Gasteiger partial charge is 0.486 e. The second kappa shape index (κ2) is 12.3. The van der Waals surface area contributed by atoms with Crippen LogP contribution in [0.3, 0.4) is 0 Å². The lowest BCUT2D eigenvalue weighted by Gasteiger charge is -2.38. The van der Waals surface area contributed by atoms with Gasteiger partial charge in [0.25, 0.3) is 5.91 Å². The molecule has 0 fully saturated rings. The molecule has 2 heterocycles. The van der Waals surface area contributed by atoms with Crippen LogP contribution in [0, 0.1) is 11.7 Å². The molecule has 0 unspecified atom stereocenters. The maximum Gasteiger partial charge on any atom is 0.287 e. The molecule has 0 spiro atoms. The predicted octanol–water partition coefficient (Wildman–Crippen LogP) is 4.81. The summed E-state index contributed by atoms with van der Waals surface area (Å²) < 4.78 is 25.4. The van der Waals surface area contributed by atoms with E-state index in [1.165, 1.54) is 12.1 Å². The highest BCUT2D eigenvalue weighted by Crippen LogP contribution is 2.38. The molecule has 8 heteroatoms. The Morgan fingerprint density at radius 1 is 1.13 bits per heavy atom. The highest BCUT2D eigenvalue weighted by atomic mass is 19.1. The van der Waals surface area contributed by atoms with Gasteiger partial charge in [-0.05, 0) is 79.5 Å². The van der Waals surface area contributed by atoms with Gasteiger partial charge in [0, 0.05) is 26.1 Å². The molecule has 1 aromatic heterocycles. The van der Waals surface area contributed by atoms with E-state index in [1.54, 1.807) is 24.3 Å². The van der Waals surface area contributed by atoms with Gasteiger partial charge in [0.1, 0.15) is 23.9 Å². The molecule has 1 atom stereocenters. The number of carbonyl (C=O) groups is 2. The molecule has 1 aliphatic heterocycles. The van der Waals surface area contributed by atoms with Crippen molar-refractivity contribution in [2.45, 2.75) is 39.3 Å². The van der Waals surface area contributed by atoms with Crippen LogP contribution < -0.4 is 10.1 Å². The highest BCUT2D eigenvalue weighted by Gasteiger charge is 2.32. The third kappa shape index (κ3) is 6.81.